The number of carboxylic acids is 1. The fraction of sp³-hybridized carbons (Fsp3) is 0.286. The average molecular weight is 530 g/mol. The predicted octanol–water partition coefficient (Wildman–Crippen LogP) is 6.28. The van der Waals surface area contributed by atoms with Crippen LogP contribution in [0.3, 0.4) is 0 Å². The van der Waals surface area contributed by atoms with Crippen molar-refractivity contribution in [1.29, 1.82) is 0 Å². The van der Waals surface area contributed by atoms with Gasteiger partial charge in [0.15, 0.2) is 0 Å². The molecule has 38 heavy (non-hydrogen) atoms. The minimum Gasteiger partial charge on any atom is -0.475 e. The van der Waals surface area contributed by atoms with Gasteiger partial charge in [-0.25, -0.2) is 14.2 Å². The molecule has 0 aliphatic carbocycles. The number of aliphatic carboxylic acids is 1. The number of imidazole rings is 1. The Bertz CT molecular complexity index is 1390. The molecule has 2 unspecified atom stereocenters. The van der Waals surface area contributed by atoms with E-state index in [0.717, 1.165) is 42.1 Å². The molecule has 2 heterocycles. The predicted molar refractivity (Wildman–Crippen MR) is 136 cm³/mol. The molecule has 3 aromatic carbocycles. The first kappa shape index (κ1) is 27.3. The third-order valence-electron chi connectivity index (χ3n) is 6.01. The van der Waals surface area contributed by atoms with Crippen LogP contribution in [0.2, 0.25) is 0 Å². The van der Waals surface area contributed by atoms with Gasteiger partial charge in [-0.2, -0.15) is 13.2 Å². The van der Waals surface area contributed by atoms with E-state index in [1.807, 2.05) is 0 Å². The lowest BCUT2D eigenvalue weighted by Gasteiger charge is -2.35. The molecule has 2 atom stereocenters. The first-order valence-corrected chi connectivity index (χ1v) is 12.0. The van der Waals surface area contributed by atoms with E-state index in [9.17, 15) is 17.6 Å². The largest absolute Gasteiger partial charge is 0.490 e. The van der Waals surface area contributed by atoms with Gasteiger partial charge in [-0.1, -0.05) is 42.5 Å². The van der Waals surface area contributed by atoms with Crippen LogP contribution in [-0.4, -0.2) is 57.4 Å². The van der Waals surface area contributed by atoms with E-state index in [0.29, 0.717) is 5.52 Å². The maximum atomic E-state index is 13.5. The van der Waals surface area contributed by atoms with Crippen molar-refractivity contribution in [3.63, 3.8) is 0 Å². The van der Waals surface area contributed by atoms with Gasteiger partial charge in [0.05, 0.1) is 23.2 Å². The number of hydrogen-bond acceptors (Lipinski definition) is 4. The van der Waals surface area contributed by atoms with E-state index in [2.05, 4.69) is 77.2 Å². The lowest BCUT2D eigenvalue weighted by atomic mass is 10.0. The SMILES string of the molecule is CC1CN(Cc2cccc(-c3ccc(-c4nc5ccc(F)cc5[nH]4)cc3)c2)CC(C)O1.O=C(O)C(F)(F)F. The number of ether oxygens (including phenoxy) is 1. The lowest BCUT2D eigenvalue weighted by molar-refractivity contribution is -0.192. The molecule has 1 fully saturated rings. The number of carboxylic acid groups (broad SMARTS) is 1. The molecule has 5 rings (SSSR count). The van der Waals surface area contributed by atoms with Gasteiger partial charge in [-0.3, -0.25) is 4.90 Å². The van der Waals surface area contributed by atoms with E-state index < -0.39 is 12.1 Å². The molecule has 0 amide bonds. The summed E-state index contributed by atoms with van der Waals surface area (Å²) in [7, 11) is 0. The van der Waals surface area contributed by atoms with Crippen molar-refractivity contribution >= 4 is 17.0 Å². The van der Waals surface area contributed by atoms with Crippen LogP contribution in [0.15, 0.2) is 66.7 Å². The monoisotopic (exact) mass is 529 g/mol. The highest BCUT2D eigenvalue weighted by molar-refractivity contribution is 5.80. The molecule has 6 nitrogen and oxygen atoms in total. The zero-order valence-corrected chi connectivity index (χ0v) is 20.8. The number of nitrogens with zero attached hydrogens (tertiary/aromatic N) is 2. The van der Waals surface area contributed by atoms with Gasteiger partial charge in [-0.15, -0.1) is 0 Å². The number of alkyl halides is 3. The Morgan fingerprint density at radius 3 is 2.26 bits per heavy atom. The normalized spacial score (nSPS) is 18.2. The van der Waals surface area contributed by atoms with Gasteiger partial charge >= 0.3 is 12.1 Å². The Hall–Kier alpha value is -3.76. The summed E-state index contributed by atoms with van der Waals surface area (Å²) < 4.78 is 51.0. The van der Waals surface area contributed by atoms with Crippen LogP contribution in [0.4, 0.5) is 17.6 Å². The third-order valence-corrected chi connectivity index (χ3v) is 6.01. The molecule has 0 spiro atoms. The summed E-state index contributed by atoms with van der Waals surface area (Å²) in [6.07, 6.45) is -4.54. The maximum Gasteiger partial charge on any atom is 0.490 e. The number of morpholine rings is 1. The topological polar surface area (TPSA) is 78.5 Å². The number of aromatic amines is 1. The number of nitrogens with one attached hydrogen (secondary N) is 1. The fourth-order valence-corrected chi connectivity index (χ4v) is 4.46. The van der Waals surface area contributed by atoms with Crippen LogP contribution < -0.4 is 0 Å². The van der Waals surface area contributed by atoms with Gasteiger partial charge in [0, 0.05) is 25.2 Å². The lowest BCUT2D eigenvalue weighted by Crippen LogP contribution is -2.44. The molecule has 1 aromatic heterocycles. The number of aromatic nitrogens is 2. The van der Waals surface area contributed by atoms with Crippen LogP contribution in [0.1, 0.15) is 19.4 Å². The zero-order chi connectivity index (χ0) is 27.4. The van der Waals surface area contributed by atoms with E-state index in [1.165, 1.54) is 23.3 Å². The summed E-state index contributed by atoms with van der Waals surface area (Å²) in [4.78, 5) is 19.1. The Morgan fingerprint density at radius 1 is 1.00 bits per heavy atom. The van der Waals surface area contributed by atoms with Gasteiger partial charge in [0.25, 0.3) is 0 Å². The van der Waals surface area contributed by atoms with Gasteiger partial charge in [0.2, 0.25) is 0 Å². The van der Waals surface area contributed by atoms with Crippen molar-refractivity contribution in [3.05, 3.63) is 78.1 Å². The molecule has 2 N–H and O–H groups in total. The minimum atomic E-state index is -5.08. The van der Waals surface area contributed by atoms with E-state index >= 15 is 0 Å². The molecule has 10 heteroatoms. The smallest absolute Gasteiger partial charge is 0.475 e. The van der Waals surface area contributed by atoms with Crippen LogP contribution in [-0.2, 0) is 16.1 Å². The molecular formula is C28H27F4N3O3. The van der Waals surface area contributed by atoms with Crippen molar-refractivity contribution in [2.45, 2.75) is 38.8 Å². The van der Waals surface area contributed by atoms with Crippen molar-refractivity contribution in [2.75, 3.05) is 13.1 Å². The molecule has 1 saturated heterocycles. The van der Waals surface area contributed by atoms with Crippen molar-refractivity contribution < 1.29 is 32.2 Å². The summed E-state index contributed by atoms with van der Waals surface area (Å²) in [5.74, 6) is -2.28. The van der Waals surface area contributed by atoms with E-state index in [-0.39, 0.29) is 18.0 Å². The van der Waals surface area contributed by atoms with Crippen LogP contribution in [0.25, 0.3) is 33.5 Å². The number of carbonyl (C=O) groups is 1. The van der Waals surface area contributed by atoms with Crippen LogP contribution in [0, 0.1) is 5.82 Å². The number of rotatable bonds is 4. The highest BCUT2D eigenvalue weighted by Gasteiger charge is 2.38. The van der Waals surface area contributed by atoms with E-state index in [1.54, 1.807) is 6.07 Å². The molecular weight excluding hydrogens is 502 g/mol. The molecule has 0 saturated carbocycles. The van der Waals surface area contributed by atoms with Crippen molar-refractivity contribution in [2.24, 2.45) is 0 Å². The maximum absolute atomic E-state index is 13.5. The summed E-state index contributed by atoms with van der Waals surface area (Å²) in [5, 5.41) is 7.12. The molecule has 0 bridgehead atoms. The first-order valence-electron chi connectivity index (χ1n) is 12.0. The first-order chi connectivity index (χ1) is 18.0. The second kappa shape index (κ2) is 11.3. The summed E-state index contributed by atoms with van der Waals surface area (Å²) in [6.45, 7) is 7.13. The van der Waals surface area contributed by atoms with Crippen LogP contribution in [0.5, 0.6) is 0 Å². The molecule has 200 valence electrons. The van der Waals surface area contributed by atoms with Gasteiger partial charge in [-0.05, 0) is 54.8 Å². The van der Waals surface area contributed by atoms with E-state index in [4.69, 9.17) is 14.6 Å². The molecule has 4 aromatic rings. The number of hydrogen-bond donors (Lipinski definition) is 2. The Labute approximate surface area is 216 Å². The second-order valence-corrected chi connectivity index (χ2v) is 9.28. The summed E-state index contributed by atoms with van der Waals surface area (Å²) in [5.41, 5.74) is 6.12. The second-order valence-electron chi connectivity index (χ2n) is 9.28. The number of H-pyrrole nitrogens is 1. The zero-order valence-electron chi connectivity index (χ0n) is 20.8. The highest BCUT2D eigenvalue weighted by Crippen LogP contribution is 2.26. The van der Waals surface area contributed by atoms with Gasteiger partial charge < -0.3 is 14.8 Å². The number of fused-ring (bicyclic) bond motifs is 1. The quantitative estimate of drug-likeness (QED) is 0.304. The van der Waals surface area contributed by atoms with Crippen LogP contribution >= 0.6 is 0 Å². The number of benzene rings is 3. The minimum absolute atomic E-state index is 0.265. The summed E-state index contributed by atoms with van der Waals surface area (Å²) in [6, 6.07) is 21.7. The van der Waals surface area contributed by atoms with Gasteiger partial charge in [0.1, 0.15) is 11.6 Å². The number of halogens is 4. The molecule has 0 radical (unpaired) electrons. The fourth-order valence-electron chi connectivity index (χ4n) is 4.46. The van der Waals surface area contributed by atoms with Crippen molar-refractivity contribution in [3.8, 4) is 22.5 Å². The average Bonchev–Trinajstić information content (AvgIpc) is 3.27. The summed E-state index contributed by atoms with van der Waals surface area (Å²) >= 11 is 0. The Morgan fingerprint density at radius 2 is 1.63 bits per heavy atom. The Kier molecular flexibility index (Phi) is 8.13. The third kappa shape index (κ3) is 6.96. The van der Waals surface area contributed by atoms with Crippen molar-refractivity contribution in [1.82, 2.24) is 14.9 Å². The Balaban J connectivity index is 0.000000426. The highest BCUT2D eigenvalue weighted by atomic mass is 19.4. The standard InChI is InChI=1S/C26H26FN3O.C2HF3O2/c1-17-14-30(15-18(2)31-17)16-19-4-3-5-22(12-19)20-6-8-21(9-7-20)26-28-24-11-10-23(27)13-25(24)29-26;3-2(4,5)1(6)7/h3-13,17-18H,14-16H2,1-2H3,(H,28,29);(H,6,7). The molecule has 1 aliphatic rings. The molecule has 1 aliphatic heterocycles.